The number of ketones is 1. The lowest BCUT2D eigenvalue weighted by molar-refractivity contribution is -0.0125. The molecule has 0 saturated carbocycles. The summed E-state index contributed by atoms with van der Waals surface area (Å²) in [5.41, 5.74) is 0.753. The van der Waals surface area contributed by atoms with Crippen molar-refractivity contribution in [2.75, 3.05) is 20.5 Å². The second-order valence-electron chi connectivity index (χ2n) is 3.57. The molecule has 0 aromatic heterocycles. The number of benzene rings is 1. The molecule has 5 heteroatoms. The zero-order valence-electron chi connectivity index (χ0n) is 9.39. The van der Waals surface area contributed by atoms with Gasteiger partial charge in [-0.3, -0.25) is 4.79 Å². The van der Waals surface area contributed by atoms with Gasteiger partial charge >= 0.3 is 5.97 Å². The largest absolute Gasteiger partial charge is 0.492 e. The minimum Gasteiger partial charge on any atom is -0.492 e. The van der Waals surface area contributed by atoms with Gasteiger partial charge in [-0.25, -0.2) is 4.79 Å². The van der Waals surface area contributed by atoms with Crippen LogP contribution in [0.5, 0.6) is 5.75 Å². The third-order valence-corrected chi connectivity index (χ3v) is 2.41. The first-order valence-electron chi connectivity index (χ1n) is 5.18. The van der Waals surface area contributed by atoms with E-state index in [2.05, 4.69) is 4.74 Å². The fourth-order valence-corrected chi connectivity index (χ4v) is 1.58. The van der Waals surface area contributed by atoms with E-state index in [1.807, 2.05) is 0 Å². The second-order valence-corrected chi connectivity index (χ2v) is 3.57. The van der Waals surface area contributed by atoms with Gasteiger partial charge in [0.05, 0.1) is 17.7 Å². The van der Waals surface area contributed by atoms with Crippen molar-refractivity contribution in [1.82, 2.24) is 0 Å². The molecule has 1 aliphatic heterocycles. The lowest BCUT2D eigenvalue weighted by atomic mass is 10.0. The molecular formula is C12H12O5. The number of carbonyl (C=O) groups excluding carboxylic acids is 2. The van der Waals surface area contributed by atoms with Gasteiger partial charge in [-0.1, -0.05) is 0 Å². The van der Waals surface area contributed by atoms with Gasteiger partial charge in [-0.05, 0) is 18.2 Å². The Kier molecular flexibility index (Phi) is 3.39. The van der Waals surface area contributed by atoms with Crippen LogP contribution in [-0.2, 0) is 9.47 Å². The molecule has 1 heterocycles. The van der Waals surface area contributed by atoms with Gasteiger partial charge in [0.15, 0.2) is 12.6 Å². The molecule has 0 spiro atoms. The molecule has 0 N–H and O–H groups in total. The molecule has 17 heavy (non-hydrogen) atoms. The first kappa shape index (κ1) is 11.6. The van der Waals surface area contributed by atoms with Crippen LogP contribution in [0.2, 0.25) is 0 Å². The Bertz CT molecular complexity index is 452. The molecule has 0 bridgehead atoms. The summed E-state index contributed by atoms with van der Waals surface area (Å²) < 4.78 is 14.7. The minimum atomic E-state index is -0.520. The van der Waals surface area contributed by atoms with Crippen molar-refractivity contribution in [3.05, 3.63) is 29.3 Å². The van der Waals surface area contributed by atoms with Crippen molar-refractivity contribution in [3.8, 4) is 5.75 Å². The fourth-order valence-electron chi connectivity index (χ4n) is 1.58. The molecular weight excluding hydrogens is 224 g/mol. The maximum atomic E-state index is 11.6. The first-order valence-corrected chi connectivity index (χ1v) is 5.18. The molecule has 1 aromatic carbocycles. The SMILES string of the molecule is COCOC(=O)c1ccc2c(c1)C(=O)CCO2. The average molecular weight is 236 g/mol. The summed E-state index contributed by atoms with van der Waals surface area (Å²) in [7, 11) is 1.43. The first-order chi connectivity index (χ1) is 8.22. The standard InChI is InChI=1S/C12H12O5/c1-15-7-17-12(14)8-2-3-11-9(6-8)10(13)4-5-16-11/h2-3,6H,4-5,7H2,1H3. The maximum Gasteiger partial charge on any atom is 0.340 e. The van der Waals surface area contributed by atoms with Crippen molar-refractivity contribution < 1.29 is 23.8 Å². The van der Waals surface area contributed by atoms with Crippen LogP contribution in [0, 0.1) is 0 Å². The number of rotatable bonds is 3. The minimum absolute atomic E-state index is 0.0207. The van der Waals surface area contributed by atoms with E-state index in [9.17, 15) is 9.59 Å². The average Bonchev–Trinajstić information content (AvgIpc) is 2.36. The van der Waals surface area contributed by atoms with Gasteiger partial charge in [0, 0.05) is 13.5 Å². The topological polar surface area (TPSA) is 61.8 Å². The normalized spacial score (nSPS) is 13.8. The van der Waals surface area contributed by atoms with E-state index in [-0.39, 0.29) is 12.6 Å². The number of methoxy groups -OCH3 is 1. The van der Waals surface area contributed by atoms with Gasteiger partial charge in [0.1, 0.15) is 5.75 Å². The van der Waals surface area contributed by atoms with Gasteiger partial charge in [-0.15, -0.1) is 0 Å². The zero-order chi connectivity index (χ0) is 12.3. The van der Waals surface area contributed by atoms with Crippen LogP contribution < -0.4 is 4.74 Å². The van der Waals surface area contributed by atoms with Crippen LogP contribution in [0.25, 0.3) is 0 Å². The Hall–Kier alpha value is -1.88. The summed E-state index contributed by atoms with van der Waals surface area (Å²) in [6.45, 7) is 0.277. The highest BCUT2D eigenvalue weighted by Crippen LogP contribution is 2.25. The molecule has 1 aliphatic rings. The molecule has 0 saturated heterocycles. The molecule has 2 rings (SSSR count). The number of fused-ring (bicyclic) bond motifs is 1. The van der Waals surface area contributed by atoms with E-state index >= 15 is 0 Å². The Balaban J connectivity index is 2.23. The van der Waals surface area contributed by atoms with Crippen LogP contribution in [0.4, 0.5) is 0 Å². The number of esters is 1. The van der Waals surface area contributed by atoms with E-state index in [4.69, 9.17) is 9.47 Å². The van der Waals surface area contributed by atoms with E-state index < -0.39 is 5.97 Å². The van der Waals surface area contributed by atoms with Crippen LogP contribution in [-0.4, -0.2) is 32.3 Å². The van der Waals surface area contributed by atoms with Gasteiger partial charge in [0.2, 0.25) is 0 Å². The smallest absolute Gasteiger partial charge is 0.340 e. The van der Waals surface area contributed by atoms with E-state index in [1.54, 1.807) is 12.1 Å². The van der Waals surface area contributed by atoms with Crippen molar-refractivity contribution in [1.29, 1.82) is 0 Å². The molecule has 0 fully saturated rings. The monoisotopic (exact) mass is 236 g/mol. The molecule has 0 atom stereocenters. The Labute approximate surface area is 98.3 Å². The molecule has 90 valence electrons. The highest BCUT2D eigenvalue weighted by Gasteiger charge is 2.20. The maximum absolute atomic E-state index is 11.6. The highest BCUT2D eigenvalue weighted by atomic mass is 16.7. The molecule has 0 unspecified atom stereocenters. The van der Waals surface area contributed by atoms with Crippen molar-refractivity contribution in [2.45, 2.75) is 6.42 Å². The lowest BCUT2D eigenvalue weighted by Crippen LogP contribution is -2.16. The predicted octanol–water partition coefficient (Wildman–Crippen LogP) is 1.41. The number of hydrogen-bond acceptors (Lipinski definition) is 5. The highest BCUT2D eigenvalue weighted by molar-refractivity contribution is 6.02. The summed E-state index contributed by atoms with van der Waals surface area (Å²) in [6, 6.07) is 4.67. The number of Topliss-reactive ketones (excluding diaryl/α,β-unsaturated/α-hetero) is 1. The third-order valence-electron chi connectivity index (χ3n) is 2.41. The summed E-state index contributed by atoms with van der Waals surface area (Å²) in [6.07, 6.45) is 0.337. The quantitative estimate of drug-likeness (QED) is 0.586. The molecule has 0 amide bonds. The second kappa shape index (κ2) is 4.97. The number of hydrogen-bond donors (Lipinski definition) is 0. The van der Waals surface area contributed by atoms with Crippen LogP contribution in [0.15, 0.2) is 18.2 Å². The zero-order valence-corrected chi connectivity index (χ0v) is 9.39. The Morgan fingerprint density at radius 2 is 2.29 bits per heavy atom. The third kappa shape index (κ3) is 2.45. The van der Waals surface area contributed by atoms with Crippen LogP contribution >= 0.6 is 0 Å². The number of carbonyl (C=O) groups is 2. The van der Waals surface area contributed by atoms with Crippen molar-refractivity contribution >= 4 is 11.8 Å². The summed E-state index contributed by atoms with van der Waals surface area (Å²) in [5.74, 6) is -0.0230. The van der Waals surface area contributed by atoms with E-state index in [1.165, 1.54) is 13.2 Å². The van der Waals surface area contributed by atoms with E-state index in [0.29, 0.717) is 29.9 Å². The van der Waals surface area contributed by atoms with Crippen LogP contribution in [0.3, 0.4) is 0 Å². The van der Waals surface area contributed by atoms with Crippen molar-refractivity contribution in [2.24, 2.45) is 0 Å². The fraction of sp³-hybridized carbons (Fsp3) is 0.333. The predicted molar refractivity (Wildman–Crippen MR) is 58.2 cm³/mol. The molecule has 0 aliphatic carbocycles. The summed E-state index contributed by atoms with van der Waals surface area (Å²) >= 11 is 0. The molecule has 5 nitrogen and oxygen atoms in total. The number of ether oxygens (including phenoxy) is 3. The Morgan fingerprint density at radius 1 is 1.47 bits per heavy atom. The van der Waals surface area contributed by atoms with Gasteiger partial charge < -0.3 is 14.2 Å². The lowest BCUT2D eigenvalue weighted by Gasteiger charge is -2.16. The summed E-state index contributed by atoms with van der Waals surface area (Å²) in [4.78, 5) is 23.2. The van der Waals surface area contributed by atoms with Crippen LogP contribution in [0.1, 0.15) is 27.1 Å². The van der Waals surface area contributed by atoms with Gasteiger partial charge in [-0.2, -0.15) is 0 Å². The summed E-state index contributed by atoms with van der Waals surface area (Å²) in [5, 5.41) is 0. The molecule has 1 aromatic rings. The van der Waals surface area contributed by atoms with Crippen molar-refractivity contribution in [3.63, 3.8) is 0 Å². The van der Waals surface area contributed by atoms with E-state index in [0.717, 1.165) is 0 Å². The molecule has 0 radical (unpaired) electrons. The van der Waals surface area contributed by atoms with Gasteiger partial charge in [0.25, 0.3) is 0 Å². The Morgan fingerprint density at radius 3 is 3.06 bits per heavy atom.